The van der Waals surface area contributed by atoms with E-state index in [1.54, 1.807) is 0 Å². The molecule has 1 aliphatic rings. The summed E-state index contributed by atoms with van der Waals surface area (Å²) in [4.78, 5) is 6.78. The zero-order valence-electron chi connectivity index (χ0n) is 9.48. The molecule has 1 unspecified atom stereocenters. The Morgan fingerprint density at radius 3 is 2.87 bits per heavy atom. The van der Waals surface area contributed by atoms with E-state index in [1.807, 2.05) is 12.1 Å². The van der Waals surface area contributed by atoms with Gasteiger partial charge in [-0.3, -0.25) is 0 Å². The first-order chi connectivity index (χ1) is 7.22. The first-order valence-corrected chi connectivity index (χ1v) is 5.61. The van der Waals surface area contributed by atoms with E-state index in [9.17, 15) is 0 Å². The molecule has 2 N–H and O–H groups in total. The lowest BCUT2D eigenvalue weighted by molar-refractivity contribution is 0.603. The number of hydrogen-bond donors (Lipinski definition) is 1. The molecule has 2 rings (SSSR count). The third kappa shape index (κ3) is 2.29. The minimum absolute atomic E-state index is 0.513. The fourth-order valence-electron chi connectivity index (χ4n) is 1.88. The average Bonchev–Trinajstić information content (AvgIpc) is 3.11. The lowest BCUT2D eigenvalue weighted by atomic mass is 10.2. The molecule has 0 aromatic carbocycles. The van der Waals surface area contributed by atoms with E-state index in [0.717, 1.165) is 17.4 Å². The van der Waals surface area contributed by atoms with Crippen LogP contribution in [0.1, 0.15) is 25.5 Å². The van der Waals surface area contributed by atoms with Crippen LogP contribution in [0.3, 0.4) is 0 Å². The molecule has 0 radical (unpaired) electrons. The number of aromatic nitrogens is 1. The van der Waals surface area contributed by atoms with Gasteiger partial charge in [0.1, 0.15) is 5.82 Å². The predicted molar refractivity (Wildman–Crippen MR) is 62.7 cm³/mol. The highest BCUT2D eigenvalue weighted by atomic mass is 15.2. The molecule has 0 amide bonds. The van der Waals surface area contributed by atoms with E-state index in [1.165, 1.54) is 12.8 Å². The van der Waals surface area contributed by atoms with Crippen LogP contribution >= 0.6 is 0 Å². The lowest BCUT2D eigenvalue weighted by Crippen LogP contribution is -2.31. The summed E-state index contributed by atoms with van der Waals surface area (Å²) in [6.45, 7) is 2.79. The Morgan fingerprint density at radius 1 is 1.53 bits per heavy atom. The average molecular weight is 205 g/mol. The van der Waals surface area contributed by atoms with Crippen molar-refractivity contribution in [3.63, 3.8) is 0 Å². The number of anilines is 1. The molecular formula is C12H19N3. The number of nitrogens with zero attached hydrogens (tertiary/aromatic N) is 2. The zero-order chi connectivity index (χ0) is 10.8. The summed E-state index contributed by atoms with van der Waals surface area (Å²) in [5.74, 6) is 1.90. The van der Waals surface area contributed by atoms with Gasteiger partial charge in [-0.1, -0.05) is 6.07 Å². The molecular weight excluding hydrogens is 186 g/mol. The topological polar surface area (TPSA) is 42.1 Å². The van der Waals surface area contributed by atoms with Crippen LogP contribution in [0.5, 0.6) is 0 Å². The van der Waals surface area contributed by atoms with E-state index in [-0.39, 0.29) is 0 Å². The highest BCUT2D eigenvalue weighted by Gasteiger charge is 2.30. The van der Waals surface area contributed by atoms with Gasteiger partial charge in [-0.15, -0.1) is 0 Å². The Bertz CT molecular complexity index is 333. The van der Waals surface area contributed by atoms with Crippen LogP contribution in [0.2, 0.25) is 0 Å². The summed E-state index contributed by atoms with van der Waals surface area (Å²) in [6, 6.07) is 6.64. The summed E-state index contributed by atoms with van der Waals surface area (Å²) in [5, 5.41) is 0. The third-order valence-corrected chi connectivity index (χ3v) is 3.28. The predicted octanol–water partition coefficient (Wildman–Crippen LogP) is 1.77. The quantitative estimate of drug-likeness (QED) is 0.814. The highest BCUT2D eigenvalue weighted by molar-refractivity contribution is 5.39. The molecule has 15 heavy (non-hydrogen) atoms. The number of rotatable bonds is 4. The molecule has 1 heterocycles. The molecule has 0 spiro atoms. The van der Waals surface area contributed by atoms with Gasteiger partial charge in [0.25, 0.3) is 0 Å². The second-order valence-corrected chi connectivity index (χ2v) is 4.38. The van der Waals surface area contributed by atoms with Crippen LogP contribution in [-0.2, 0) is 6.54 Å². The Balaban J connectivity index is 2.12. The van der Waals surface area contributed by atoms with Gasteiger partial charge in [0, 0.05) is 19.6 Å². The summed E-state index contributed by atoms with van der Waals surface area (Å²) >= 11 is 0. The van der Waals surface area contributed by atoms with E-state index >= 15 is 0 Å². The second-order valence-electron chi connectivity index (χ2n) is 4.38. The monoisotopic (exact) mass is 205 g/mol. The minimum Gasteiger partial charge on any atom is -0.357 e. The van der Waals surface area contributed by atoms with Crippen molar-refractivity contribution in [3.05, 3.63) is 23.9 Å². The number of hydrogen-bond acceptors (Lipinski definition) is 3. The van der Waals surface area contributed by atoms with E-state index in [0.29, 0.717) is 12.6 Å². The van der Waals surface area contributed by atoms with Crippen molar-refractivity contribution in [2.75, 3.05) is 11.9 Å². The first kappa shape index (κ1) is 10.4. The van der Waals surface area contributed by atoms with Crippen LogP contribution < -0.4 is 10.6 Å². The van der Waals surface area contributed by atoms with Crippen LogP contribution in [0.25, 0.3) is 0 Å². The van der Waals surface area contributed by atoms with Crippen molar-refractivity contribution < 1.29 is 0 Å². The molecule has 1 atom stereocenters. The SMILES string of the molecule is CC(C1CC1)N(C)c1cccc(CN)n1. The number of pyridine rings is 1. The van der Waals surface area contributed by atoms with E-state index in [2.05, 4.69) is 29.9 Å². The van der Waals surface area contributed by atoms with Crippen LogP contribution in [0.4, 0.5) is 5.82 Å². The lowest BCUT2D eigenvalue weighted by Gasteiger charge is -2.26. The molecule has 0 aliphatic heterocycles. The molecule has 1 fully saturated rings. The Labute approximate surface area is 91.3 Å². The summed E-state index contributed by atoms with van der Waals surface area (Å²) in [7, 11) is 2.12. The van der Waals surface area contributed by atoms with Crippen molar-refractivity contribution in [3.8, 4) is 0 Å². The van der Waals surface area contributed by atoms with E-state index < -0.39 is 0 Å². The molecule has 0 bridgehead atoms. The van der Waals surface area contributed by atoms with E-state index in [4.69, 9.17) is 5.73 Å². The first-order valence-electron chi connectivity index (χ1n) is 5.61. The van der Waals surface area contributed by atoms with Gasteiger partial charge in [0.05, 0.1) is 5.69 Å². The van der Waals surface area contributed by atoms with Crippen molar-refractivity contribution in [1.29, 1.82) is 0 Å². The Kier molecular flexibility index (Phi) is 2.91. The second kappa shape index (κ2) is 4.19. The minimum atomic E-state index is 0.513. The fourth-order valence-corrected chi connectivity index (χ4v) is 1.88. The van der Waals surface area contributed by atoms with Gasteiger partial charge in [-0.25, -0.2) is 4.98 Å². The standard InChI is InChI=1S/C12H19N3/c1-9(10-6-7-10)15(2)12-5-3-4-11(8-13)14-12/h3-5,9-10H,6-8,13H2,1-2H3. The van der Waals surface area contributed by atoms with Gasteiger partial charge in [-0.05, 0) is 37.8 Å². The fraction of sp³-hybridized carbons (Fsp3) is 0.583. The van der Waals surface area contributed by atoms with Gasteiger partial charge in [0.15, 0.2) is 0 Å². The van der Waals surface area contributed by atoms with Crippen molar-refractivity contribution in [1.82, 2.24) is 4.98 Å². The molecule has 3 heteroatoms. The van der Waals surface area contributed by atoms with Gasteiger partial charge in [-0.2, -0.15) is 0 Å². The maximum absolute atomic E-state index is 5.59. The summed E-state index contributed by atoms with van der Waals surface area (Å²) in [6.07, 6.45) is 2.73. The Morgan fingerprint density at radius 2 is 2.27 bits per heavy atom. The van der Waals surface area contributed by atoms with Gasteiger partial charge < -0.3 is 10.6 Å². The van der Waals surface area contributed by atoms with Gasteiger partial charge in [0.2, 0.25) is 0 Å². The summed E-state index contributed by atoms with van der Waals surface area (Å²) < 4.78 is 0. The molecule has 1 saturated carbocycles. The molecule has 1 aliphatic carbocycles. The zero-order valence-corrected chi connectivity index (χ0v) is 9.48. The maximum atomic E-state index is 5.59. The van der Waals surface area contributed by atoms with Crippen LogP contribution in [-0.4, -0.2) is 18.1 Å². The smallest absolute Gasteiger partial charge is 0.128 e. The molecule has 3 nitrogen and oxygen atoms in total. The third-order valence-electron chi connectivity index (χ3n) is 3.28. The van der Waals surface area contributed by atoms with Crippen molar-refractivity contribution >= 4 is 5.82 Å². The van der Waals surface area contributed by atoms with Gasteiger partial charge >= 0.3 is 0 Å². The molecule has 0 saturated heterocycles. The normalized spacial score (nSPS) is 17.5. The van der Waals surface area contributed by atoms with Crippen LogP contribution in [0.15, 0.2) is 18.2 Å². The molecule has 1 aromatic heterocycles. The number of nitrogens with two attached hydrogens (primary N) is 1. The Hall–Kier alpha value is -1.09. The van der Waals surface area contributed by atoms with Crippen molar-refractivity contribution in [2.24, 2.45) is 11.7 Å². The van der Waals surface area contributed by atoms with Crippen molar-refractivity contribution in [2.45, 2.75) is 32.4 Å². The molecule has 1 aromatic rings. The summed E-state index contributed by atoms with van der Waals surface area (Å²) in [5.41, 5.74) is 6.55. The van der Waals surface area contributed by atoms with Crippen LogP contribution in [0, 0.1) is 5.92 Å². The molecule has 82 valence electrons. The largest absolute Gasteiger partial charge is 0.357 e. The maximum Gasteiger partial charge on any atom is 0.128 e. The highest BCUT2D eigenvalue weighted by Crippen LogP contribution is 2.35.